The van der Waals surface area contributed by atoms with Gasteiger partial charge in [0, 0.05) is 49.6 Å². The molecule has 2 amide bonds. The van der Waals surface area contributed by atoms with E-state index in [2.05, 4.69) is 10.0 Å². The quantitative estimate of drug-likeness (QED) is 0.460. The number of nitrogens with zero attached hydrogens (tertiary/aromatic N) is 4. The molecule has 2 aromatic rings. The van der Waals surface area contributed by atoms with Crippen LogP contribution in [0.3, 0.4) is 0 Å². The zero-order valence-electron chi connectivity index (χ0n) is 23.1. The van der Waals surface area contributed by atoms with E-state index in [1.54, 1.807) is 55.5 Å². The number of amides is 2. The van der Waals surface area contributed by atoms with Crippen LogP contribution in [0.2, 0.25) is 0 Å². The van der Waals surface area contributed by atoms with Gasteiger partial charge in [0.15, 0.2) is 0 Å². The van der Waals surface area contributed by atoms with Crippen molar-refractivity contribution in [2.45, 2.75) is 26.3 Å². The van der Waals surface area contributed by atoms with Crippen LogP contribution in [0.25, 0.3) is 0 Å². The lowest BCUT2D eigenvalue weighted by atomic mass is 9.97. The van der Waals surface area contributed by atoms with Gasteiger partial charge in [-0.2, -0.15) is 5.10 Å². The first-order chi connectivity index (χ1) is 18.8. The highest BCUT2D eigenvalue weighted by molar-refractivity contribution is 6.03. The molecule has 0 saturated carbocycles. The molecule has 0 N–H and O–H groups in total. The second-order valence-corrected chi connectivity index (χ2v) is 9.96. The van der Waals surface area contributed by atoms with E-state index in [4.69, 9.17) is 14.2 Å². The fourth-order valence-electron chi connectivity index (χ4n) is 4.90. The van der Waals surface area contributed by atoms with Crippen LogP contribution in [-0.2, 0) is 14.3 Å². The molecule has 2 aliphatic rings. The highest BCUT2D eigenvalue weighted by Crippen LogP contribution is 2.39. The Labute approximate surface area is 229 Å². The van der Waals surface area contributed by atoms with Gasteiger partial charge in [-0.1, -0.05) is 32.0 Å². The van der Waals surface area contributed by atoms with Crippen LogP contribution in [0.5, 0.6) is 11.5 Å². The minimum Gasteiger partial charge on any atom is -0.497 e. The van der Waals surface area contributed by atoms with Gasteiger partial charge in [-0.15, -0.1) is 0 Å². The van der Waals surface area contributed by atoms with Gasteiger partial charge in [-0.3, -0.25) is 14.5 Å². The summed E-state index contributed by atoms with van der Waals surface area (Å²) < 4.78 is 31.2. The number of ether oxygens (including phenoxy) is 3. The SMILES string of the molecule is COc1ccc(OC)c([C@H]2CC(c3ccccc3F)=NN2C(=O)CN(CCN2CCOCC2)C(=O)C(C)C)c1. The first-order valence-electron chi connectivity index (χ1n) is 13.3. The Morgan fingerprint density at radius 3 is 2.54 bits per heavy atom. The Kier molecular flexibility index (Phi) is 9.53. The number of hydrogen-bond acceptors (Lipinski definition) is 7. The molecule has 2 aliphatic heterocycles. The number of morpholine rings is 1. The predicted molar refractivity (Wildman–Crippen MR) is 145 cm³/mol. The Morgan fingerprint density at radius 2 is 1.87 bits per heavy atom. The summed E-state index contributed by atoms with van der Waals surface area (Å²) in [6.45, 7) is 7.45. The fraction of sp³-hybridized carbons (Fsp3) is 0.483. The van der Waals surface area contributed by atoms with Crippen LogP contribution >= 0.6 is 0 Å². The Hall–Kier alpha value is -3.50. The van der Waals surface area contributed by atoms with Gasteiger partial charge in [0.25, 0.3) is 5.91 Å². The maximum absolute atomic E-state index is 14.7. The molecule has 39 heavy (non-hydrogen) atoms. The molecule has 10 heteroatoms. The zero-order chi connectivity index (χ0) is 27.9. The summed E-state index contributed by atoms with van der Waals surface area (Å²) in [7, 11) is 3.12. The summed E-state index contributed by atoms with van der Waals surface area (Å²) in [5.41, 5.74) is 1.48. The number of carbonyl (C=O) groups excluding carboxylic acids is 2. The molecule has 4 rings (SSSR count). The van der Waals surface area contributed by atoms with Crippen molar-refractivity contribution in [3.05, 3.63) is 59.4 Å². The first kappa shape index (κ1) is 28.5. The van der Waals surface area contributed by atoms with E-state index >= 15 is 0 Å². The van der Waals surface area contributed by atoms with Crippen molar-refractivity contribution in [1.29, 1.82) is 0 Å². The minimum absolute atomic E-state index is 0.107. The second-order valence-electron chi connectivity index (χ2n) is 9.96. The van der Waals surface area contributed by atoms with Crippen LogP contribution < -0.4 is 9.47 Å². The topological polar surface area (TPSA) is 83.9 Å². The van der Waals surface area contributed by atoms with Crippen LogP contribution in [0, 0.1) is 11.7 Å². The van der Waals surface area contributed by atoms with Crippen molar-refractivity contribution in [1.82, 2.24) is 14.8 Å². The van der Waals surface area contributed by atoms with E-state index < -0.39 is 11.9 Å². The molecule has 0 aromatic heterocycles. The van der Waals surface area contributed by atoms with Gasteiger partial charge in [-0.05, 0) is 24.3 Å². The van der Waals surface area contributed by atoms with E-state index in [1.165, 1.54) is 11.1 Å². The van der Waals surface area contributed by atoms with Crippen LogP contribution in [0.4, 0.5) is 4.39 Å². The monoisotopic (exact) mass is 540 g/mol. The van der Waals surface area contributed by atoms with E-state index in [1.807, 2.05) is 13.8 Å². The molecule has 2 aromatic carbocycles. The number of carbonyl (C=O) groups is 2. The predicted octanol–water partition coefficient (Wildman–Crippen LogP) is 3.34. The van der Waals surface area contributed by atoms with E-state index in [0.717, 1.165) is 13.1 Å². The normalized spacial score (nSPS) is 17.7. The van der Waals surface area contributed by atoms with Crippen molar-refractivity contribution >= 4 is 17.5 Å². The van der Waals surface area contributed by atoms with Crippen LogP contribution in [0.1, 0.15) is 37.4 Å². The third-order valence-electron chi connectivity index (χ3n) is 7.07. The maximum Gasteiger partial charge on any atom is 0.262 e. The number of rotatable bonds is 10. The molecule has 2 heterocycles. The van der Waals surface area contributed by atoms with Crippen molar-refractivity contribution in [3.63, 3.8) is 0 Å². The summed E-state index contributed by atoms with van der Waals surface area (Å²) in [5, 5.41) is 5.98. The van der Waals surface area contributed by atoms with Crippen molar-refractivity contribution in [2.24, 2.45) is 11.0 Å². The second kappa shape index (κ2) is 13.0. The van der Waals surface area contributed by atoms with E-state index in [9.17, 15) is 14.0 Å². The van der Waals surface area contributed by atoms with Crippen LogP contribution in [-0.4, -0.2) is 92.5 Å². The average molecular weight is 541 g/mol. The zero-order valence-corrected chi connectivity index (χ0v) is 23.1. The third-order valence-corrected chi connectivity index (χ3v) is 7.07. The summed E-state index contributed by atoms with van der Waals surface area (Å²) >= 11 is 0. The van der Waals surface area contributed by atoms with Gasteiger partial charge in [-0.25, -0.2) is 9.40 Å². The molecule has 0 bridgehead atoms. The molecular weight excluding hydrogens is 503 g/mol. The fourth-order valence-corrected chi connectivity index (χ4v) is 4.90. The summed E-state index contributed by atoms with van der Waals surface area (Å²) in [6, 6.07) is 11.2. The van der Waals surface area contributed by atoms with E-state index in [0.29, 0.717) is 54.6 Å². The molecule has 1 saturated heterocycles. The Bertz CT molecular complexity index is 1200. The van der Waals surface area contributed by atoms with Gasteiger partial charge in [0.1, 0.15) is 23.9 Å². The lowest BCUT2D eigenvalue weighted by Crippen LogP contribution is -2.47. The molecule has 0 unspecified atom stereocenters. The largest absolute Gasteiger partial charge is 0.497 e. The minimum atomic E-state index is -0.563. The molecule has 0 radical (unpaired) electrons. The number of benzene rings is 2. The van der Waals surface area contributed by atoms with Crippen molar-refractivity contribution < 1.29 is 28.2 Å². The lowest BCUT2D eigenvalue weighted by Gasteiger charge is -2.32. The van der Waals surface area contributed by atoms with Crippen LogP contribution in [0.15, 0.2) is 47.6 Å². The Balaban J connectivity index is 1.64. The molecule has 210 valence electrons. The molecule has 1 fully saturated rings. The molecule has 1 atom stereocenters. The number of hydrogen-bond donors (Lipinski definition) is 0. The van der Waals surface area contributed by atoms with Gasteiger partial charge in [0.05, 0.1) is 39.2 Å². The number of hydrazone groups is 1. The van der Waals surface area contributed by atoms with E-state index in [-0.39, 0.29) is 30.7 Å². The average Bonchev–Trinajstić information content (AvgIpc) is 3.40. The summed E-state index contributed by atoms with van der Waals surface area (Å²) in [4.78, 5) is 30.8. The van der Waals surface area contributed by atoms with Gasteiger partial charge < -0.3 is 19.1 Å². The van der Waals surface area contributed by atoms with Crippen molar-refractivity contribution in [3.8, 4) is 11.5 Å². The highest BCUT2D eigenvalue weighted by Gasteiger charge is 2.37. The number of halogens is 1. The molecular formula is C29H37FN4O5. The Morgan fingerprint density at radius 1 is 1.13 bits per heavy atom. The van der Waals surface area contributed by atoms with Gasteiger partial charge in [0.2, 0.25) is 5.91 Å². The number of methoxy groups -OCH3 is 2. The highest BCUT2D eigenvalue weighted by atomic mass is 19.1. The van der Waals surface area contributed by atoms with Crippen molar-refractivity contribution in [2.75, 3.05) is 60.2 Å². The third kappa shape index (κ3) is 6.75. The standard InChI is InChI=1S/C29H37FN4O5/c1-20(2)29(36)33(12-11-32-13-15-39-16-14-32)19-28(35)34-26(23-17-21(37-3)9-10-27(23)38-4)18-25(31-34)22-7-5-6-8-24(22)30/h5-10,17,20,26H,11-16,18-19H2,1-4H3/t26-/m1/s1. The smallest absolute Gasteiger partial charge is 0.262 e. The maximum atomic E-state index is 14.7. The summed E-state index contributed by atoms with van der Waals surface area (Å²) in [6.07, 6.45) is 0.280. The molecule has 0 aliphatic carbocycles. The molecule has 0 spiro atoms. The molecule has 9 nitrogen and oxygen atoms in total. The first-order valence-corrected chi connectivity index (χ1v) is 13.3. The van der Waals surface area contributed by atoms with Gasteiger partial charge >= 0.3 is 0 Å². The summed E-state index contributed by atoms with van der Waals surface area (Å²) in [5.74, 6) is 0.0133. The lowest BCUT2D eigenvalue weighted by molar-refractivity contribution is -0.143.